The van der Waals surface area contributed by atoms with E-state index >= 15 is 0 Å². The summed E-state index contributed by atoms with van der Waals surface area (Å²) in [5, 5.41) is 0. The van der Waals surface area contributed by atoms with Gasteiger partial charge in [-0.2, -0.15) is 0 Å². The number of allylic oxidation sites excluding steroid dienone is 4. The van der Waals surface area contributed by atoms with Crippen LogP contribution in [0.15, 0.2) is 24.3 Å². The van der Waals surface area contributed by atoms with Crippen LogP contribution in [0.4, 0.5) is 0 Å². The molecule has 0 aromatic rings. The molecule has 0 spiro atoms. The van der Waals surface area contributed by atoms with Crippen molar-refractivity contribution in [2.75, 3.05) is 13.2 Å². The molecule has 80 heavy (non-hydrogen) atoms. The largest absolute Gasteiger partial charge is 0.462 e. The molecule has 0 saturated carbocycles. The standard InChI is InChI=1S/C74H140O6/c1-4-7-10-13-16-18-20-22-24-26-28-30-32-34-36-37-39-40-42-44-46-48-50-52-54-56-58-61-64-67-73(76)79-70-71(69-78-72(75)66-63-60-15-12-9-6-3)80-74(77)68-65-62-59-57-55-53-51-49-47-45-43-41-38-35-33-31-29-27-25-23-21-19-17-14-11-8-5-2/h20,22,26,28,71H,4-19,21,23-25,27,29-70H2,1-3H3/b22-20-,28-26-. The summed E-state index contributed by atoms with van der Waals surface area (Å²) in [7, 11) is 0. The summed E-state index contributed by atoms with van der Waals surface area (Å²) in [5.41, 5.74) is 0. The van der Waals surface area contributed by atoms with E-state index in [1.165, 1.54) is 308 Å². The van der Waals surface area contributed by atoms with Gasteiger partial charge in [-0.1, -0.05) is 366 Å². The quantitative estimate of drug-likeness (QED) is 0.0261. The van der Waals surface area contributed by atoms with E-state index in [0.717, 1.165) is 64.2 Å². The first-order chi connectivity index (χ1) is 39.5. The smallest absolute Gasteiger partial charge is 0.306 e. The molecule has 0 N–H and O–H groups in total. The van der Waals surface area contributed by atoms with Crippen LogP contribution in [0.25, 0.3) is 0 Å². The number of ether oxygens (including phenoxy) is 3. The molecular formula is C74H140O6. The van der Waals surface area contributed by atoms with Crippen molar-refractivity contribution in [2.24, 2.45) is 0 Å². The highest BCUT2D eigenvalue weighted by Crippen LogP contribution is 2.19. The molecule has 1 unspecified atom stereocenters. The molecule has 0 rings (SSSR count). The molecule has 6 heteroatoms. The van der Waals surface area contributed by atoms with Crippen LogP contribution in [0, 0.1) is 0 Å². The Morgan fingerprint density at radius 1 is 0.250 bits per heavy atom. The second-order valence-electron chi connectivity index (χ2n) is 24.9. The lowest BCUT2D eigenvalue weighted by molar-refractivity contribution is -0.167. The van der Waals surface area contributed by atoms with Crippen molar-refractivity contribution in [1.29, 1.82) is 0 Å². The molecule has 0 bridgehead atoms. The molecule has 0 fully saturated rings. The van der Waals surface area contributed by atoms with Crippen LogP contribution in [0.3, 0.4) is 0 Å². The molecule has 0 aromatic heterocycles. The van der Waals surface area contributed by atoms with Crippen LogP contribution in [-0.4, -0.2) is 37.2 Å². The molecule has 0 aromatic carbocycles. The number of carbonyl (C=O) groups excluding carboxylic acids is 3. The average molecular weight is 1130 g/mol. The van der Waals surface area contributed by atoms with E-state index in [1.54, 1.807) is 0 Å². The first-order valence-corrected chi connectivity index (χ1v) is 36.3. The molecule has 6 nitrogen and oxygen atoms in total. The Labute approximate surface area is 500 Å². The number of carbonyl (C=O) groups is 3. The molecule has 0 radical (unpaired) electrons. The van der Waals surface area contributed by atoms with E-state index in [9.17, 15) is 14.4 Å². The van der Waals surface area contributed by atoms with Crippen LogP contribution in [0.1, 0.15) is 412 Å². The summed E-state index contributed by atoms with van der Waals surface area (Å²) in [6.07, 6.45) is 85.5. The summed E-state index contributed by atoms with van der Waals surface area (Å²) < 4.78 is 16.9. The molecule has 472 valence electrons. The fourth-order valence-corrected chi connectivity index (χ4v) is 11.2. The maximum Gasteiger partial charge on any atom is 0.306 e. The minimum absolute atomic E-state index is 0.0648. The minimum atomic E-state index is -0.765. The van der Waals surface area contributed by atoms with Crippen LogP contribution in [0.2, 0.25) is 0 Å². The zero-order valence-corrected chi connectivity index (χ0v) is 54.4. The lowest BCUT2D eigenvalue weighted by Gasteiger charge is -2.18. The van der Waals surface area contributed by atoms with Gasteiger partial charge in [0.2, 0.25) is 0 Å². The normalized spacial score (nSPS) is 12.1. The zero-order chi connectivity index (χ0) is 57.8. The van der Waals surface area contributed by atoms with Gasteiger partial charge in [0.15, 0.2) is 6.10 Å². The molecule has 0 aliphatic rings. The van der Waals surface area contributed by atoms with Gasteiger partial charge in [-0.15, -0.1) is 0 Å². The molecular weight excluding hydrogens is 985 g/mol. The monoisotopic (exact) mass is 1130 g/mol. The molecule has 0 aliphatic carbocycles. The Bertz CT molecular complexity index is 1290. The van der Waals surface area contributed by atoms with E-state index in [1.807, 2.05) is 0 Å². The molecule has 0 aliphatic heterocycles. The minimum Gasteiger partial charge on any atom is -0.462 e. The fraction of sp³-hybridized carbons (Fsp3) is 0.905. The highest BCUT2D eigenvalue weighted by molar-refractivity contribution is 5.71. The number of esters is 3. The van der Waals surface area contributed by atoms with E-state index < -0.39 is 6.10 Å². The SMILES string of the molecule is CCCCCCC/C=C\C/C=C\CCCCCCCCCCCCCCCCCCCC(=O)OCC(COC(=O)CCCCCCCC)OC(=O)CCCCCCCCCCCCCCCCCCCCCCCCCCCCC. The molecule has 1 atom stereocenters. The highest BCUT2D eigenvalue weighted by Gasteiger charge is 2.19. The molecule has 0 heterocycles. The van der Waals surface area contributed by atoms with Gasteiger partial charge in [0.05, 0.1) is 0 Å². The Hall–Kier alpha value is -2.11. The fourth-order valence-electron chi connectivity index (χ4n) is 11.2. The lowest BCUT2D eigenvalue weighted by Crippen LogP contribution is -2.30. The van der Waals surface area contributed by atoms with Gasteiger partial charge < -0.3 is 14.2 Å². The van der Waals surface area contributed by atoms with Gasteiger partial charge in [-0.25, -0.2) is 0 Å². The highest BCUT2D eigenvalue weighted by atomic mass is 16.6. The first kappa shape index (κ1) is 77.9. The number of unbranched alkanes of at least 4 members (excludes halogenated alkanes) is 53. The third kappa shape index (κ3) is 66.7. The predicted molar refractivity (Wildman–Crippen MR) is 349 cm³/mol. The molecule has 0 saturated heterocycles. The van der Waals surface area contributed by atoms with Gasteiger partial charge >= 0.3 is 17.9 Å². The van der Waals surface area contributed by atoms with Gasteiger partial charge in [0.1, 0.15) is 13.2 Å². The summed E-state index contributed by atoms with van der Waals surface area (Å²) in [5.74, 6) is -0.844. The Morgan fingerprint density at radius 2 is 0.450 bits per heavy atom. The third-order valence-electron chi connectivity index (χ3n) is 16.7. The second-order valence-corrected chi connectivity index (χ2v) is 24.9. The van der Waals surface area contributed by atoms with Crippen molar-refractivity contribution < 1.29 is 28.6 Å². The average Bonchev–Trinajstić information content (AvgIpc) is 3.46. The van der Waals surface area contributed by atoms with Gasteiger partial charge in [0, 0.05) is 19.3 Å². The third-order valence-corrected chi connectivity index (χ3v) is 16.7. The van der Waals surface area contributed by atoms with Crippen LogP contribution < -0.4 is 0 Å². The van der Waals surface area contributed by atoms with Crippen molar-refractivity contribution >= 4 is 17.9 Å². The van der Waals surface area contributed by atoms with Crippen molar-refractivity contribution in [3.63, 3.8) is 0 Å². The second kappa shape index (κ2) is 69.4. The van der Waals surface area contributed by atoms with E-state index in [0.29, 0.717) is 19.3 Å². The van der Waals surface area contributed by atoms with Gasteiger partial charge in [0.25, 0.3) is 0 Å². The summed E-state index contributed by atoms with van der Waals surface area (Å²) in [6.45, 7) is 6.65. The van der Waals surface area contributed by atoms with Crippen molar-refractivity contribution in [3.05, 3.63) is 24.3 Å². The maximum absolute atomic E-state index is 12.9. The van der Waals surface area contributed by atoms with Crippen LogP contribution in [-0.2, 0) is 28.6 Å². The number of hydrogen-bond acceptors (Lipinski definition) is 6. The van der Waals surface area contributed by atoms with Crippen molar-refractivity contribution in [2.45, 2.75) is 419 Å². The van der Waals surface area contributed by atoms with Gasteiger partial charge in [-0.3, -0.25) is 14.4 Å². The summed E-state index contributed by atoms with van der Waals surface area (Å²) >= 11 is 0. The van der Waals surface area contributed by atoms with Crippen LogP contribution in [0.5, 0.6) is 0 Å². The number of rotatable bonds is 68. The summed E-state index contributed by atoms with van der Waals surface area (Å²) in [6, 6.07) is 0. The Morgan fingerprint density at radius 3 is 0.688 bits per heavy atom. The van der Waals surface area contributed by atoms with Crippen molar-refractivity contribution in [3.8, 4) is 0 Å². The first-order valence-electron chi connectivity index (χ1n) is 36.3. The Balaban J connectivity index is 3.95. The van der Waals surface area contributed by atoms with E-state index in [-0.39, 0.29) is 31.1 Å². The Kier molecular flexibility index (Phi) is 67.6. The van der Waals surface area contributed by atoms with E-state index in [4.69, 9.17) is 14.2 Å². The molecule has 0 amide bonds. The number of hydrogen-bond donors (Lipinski definition) is 0. The van der Waals surface area contributed by atoms with E-state index in [2.05, 4.69) is 45.1 Å². The lowest BCUT2D eigenvalue weighted by atomic mass is 10.0. The van der Waals surface area contributed by atoms with Crippen LogP contribution >= 0.6 is 0 Å². The zero-order valence-electron chi connectivity index (χ0n) is 54.4. The van der Waals surface area contributed by atoms with Gasteiger partial charge in [-0.05, 0) is 51.4 Å². The topological polar surface area (TPSA) is 78.9 Å². The maximum atomic E-state index is 12.9. The predicted octanol–water partition coefficient (Wildman–Crippen LogP) is 25.0. The summed E-state index contributed by atoms with van der Waals surface area (Å²) in [4.78, 5) is 38.1. The van der Waals surface area contributed by atoms with Crippen molar-refractivity contribution in [1.82, 2.24) is 0 Å².